The van der Waals surface area contributed by atoms with Gasteiger partial charge in [0.05, 0.1) is 0 Å². The van der Waals surface area contributed by atoms with Gasteiger partial charge in [-0.15, -0.1) is 0 Å². The Kier molecular flexibility index (Phi) is 4.09. The van der Waals surface area contributed by atoms with Crippen LogP contribution in [0.4, 0.5) is 0 Å². The van der Waals surface area contributed by atoms with Gasteiger partial charge in [0.15, 0.2) is 6.29 Å². The van der Waals surface area contributed by atoms with Gasteiger partial charge in [0, 0.05) is 7.11 Å². The lowest BCUT2D eigenvalue weighted by atomic mass is 10.8. The summed E-state index contributed by atoms with van der Waals surface area (Å²) in [6, 6.07) is 0. The second-order valence-electron chi connectivity index (χ2n) is 1.19. The van der Waals surface area contributed by atoms with Gasteiger partial charge in [0.2, 0.25) is 0 Å². The molecule has 0 radical (unpaired) electrons. The van der Waals surface area contributed by atoms with Crippen molar-refractivity contribution in [3.63, 3.8) is 0 Å². The molecule has 0 spiro atoms. The molecule has 50 valence electrons. The van der Waals surface area contributed by atoms with Crippen LogP contribution in [-0.4, -0.2) is 18.3 Å². The average molecular weight is 140 g/mol. The van der Waals surface area contributed by atoms with E-state index in [0.717, 1.165) is 0 Å². The summed E-state index contributed by atoms with van der Waals surface area (Å²) in [5.74, 6) is 0. The highest BCUT2D eigenvalue weighted by atomic mass is 31.1. The van der Waals surface area contributed by atoms with Crippen LogP contribution in [-0.2, 0) is 13.8 Å². The van der Waals surface area contributed by atoms with Gasteiger partial charge in [0.25, 0.3) is 0 Å². The predicted octanol–water partition coefficient (Wildman–Crippen LogP) is 0.377. The summed E-state index contributed by atoms with van der Waals surface area (Å²) in [7, 11) is -1.42. The van der Waals surface area contributed by atoms with Crippen LogP contribution in [0.1, 0.15) is 6.92 Å². The minimum absolute atomic E-state index is 0.591. The molecule has 0 aliphatic rings. The van der Waals surface area contributed by atoms with E-state index >= 15 is 0 Å². The van der Waals surface area contributed by atoms with E-state index in [1.54, 1.807) is 6.92 Å². The van der Waals surface area contributed by atoms with Gasteiger partial charge in [-0.3, -0.25) is 9.09 Å². The molecule has 0 amide bonds. The topological polar surface area (TPSA) is 55.8 Å². The minimum Gasteiger partial charge on any atom is -0.356 e. The standard InChI is InChI=1S/C3H9O4P/c1-3(6-2)7-8(4)5/h3,8H,1-2H3,(H,4,5). The van der Waals surface area contributed by atoms with Crippen LogP contribution in [0.2, 0.25) is 0 Å². The van der Waals surface area contributed by atoms with Crippen molar-refractivity contribution in [2.45, 2.75) is 13.2 Å². The summed E-state index contributed by atoms with van der Waals surface area (Å²) < 4.78 is 18.6. The molecule has 0 aromatic carbocycles. The van der Waals surface area contributed by atoms with E-state index in [4.69, 9.17) is 4.89 Å². The fourth-order valence-corrected chi connectivity index (χ4v) is 0.570. The maximum Gasteiger partial charge on any atom is 0.318 e. The van der Waals surface area contributed by atoms with Gasteiger partial charge in [0.1, 0.15) is 0 Å². The molecular weight excluding hydrogens is 131 g/mol. The van der Waals surface area contributed by atoms with Gasteiger partial charge >= 0.3 is 8.25 Å². The van der Waals surface area contributed by atoms with E-state index in [9.17, 15) is 4.57 Å². The zero-order valence-electron chi connectivity index (χ0n) is 4.75. The Morgan fingerprint density at radius 1 is 1.75 bits per heavy atom. The highest BCUT2D eigenvalue weighted by molar-refractivity contribution is 7.32. The number of methoxy groups -OCH3 is 1. The van der Waals surface area contributed by atoms with E-state index in [2.05, 4.69) is 9.26 Å². The van der Waals surface area contributed by atoms with Crippen molar-refractivity contribution in [3.05, 3.63) is 0 Å². The molecule has 2 unspecified atom stereocenters. The second kappa shape index (κ2) is 4.04. The van der Waals surface area contributed by atoms with Crippen LogP contribution >= 0.6 is 8.25 Å². The largest absolute Gasteiger partial charge is 0.356 e. The maximum atomic E-state index is 9.85. The predicted molar refractivity (Wildman–Crippen MR) is 28.8 cm³/mol. The zero-order valence-corrected chi connectivity index (χ0v) is 5.75. The van der Waals surface area contributed by atoms with Crippen molar-refractivity contribution in [2.24, 2.45) is 0 Å². The lowest BCUT2D eigenvalue weighted by Crippen LogP contribution is -2.04. The number of hydrogen-bond acceptors (Lipinski definition) is 3. The van der Waals surface area contributed by atoms with Gasteiger partial charge in [-0.2, -0.15) is 0 Å². The summed E-state index contributed by atoms with van der Waals surface area (Å²) in [6.45, 7) is 1.54. The minimum atomic E-state index is -2.82. The number of ether oxygens (including phenoxy) is 1. The Bertz CT molecular complexity index is 83.4. The van der Waals surface area contributed by atoms with E-state index in [1.165, 1.54) is 7.11 Å². The third kappa shape index (κ3) is 4.27. The highest BCUT2D eigenvalue weighted by Crippen LogP contribution is 2.17. The molecule has 0 rings (SSSR count). The average Bonchev–Trinajstić information content (AvgIpc) is 1.65. The molecule has 1 N–H and O–H groups in total. The van der Waals surface area contributed by atoms with Crippen molar-refractivity contribution in [3.8, 4) is 0 Å². The molecule has 0 fully saturated rings. The summed E-state index contributed by atoms with van der Waals surface area (Å²) in [6.07, 6.45) is -0.591. The van der Waals surface area contributed by atoms with Gasteiger partial charge < -0.3 is 9.63 Å². The van der Waals surface area contributed by atoms with E-state index < -0.39 is 14.5 Å². The Morgan fingerprint density at radius 3 is 2.38 bits per heavy atom. The third-order valence-corrected chi connectivity index (χ3v) is 1.13. The van der Waals surface area contributed by atoms with Crippen LogP contribution in [0.5, 0.6) is 0 Å². The normalized spacial score (nSPS) is 17.9. The smallest absolute Gasteiger partial charge is 0.318 e. The summed E-state index contributed by atoms with van der Waals surface area (Å²) in [5, 5.41) is 0. The fraction of sp³-hybridized carbons (Fsp3) is 1.00. The van der Waals surface area contributed by atoms with Crippen LogP contribution < -0.4 is 0 Å². The van der Waals surface area contributed by atoms with Gasteiger partial charge in [-0.1, -0.05) is 0 Å². The lowest BCUT2D eigenvalue weighted by Gasteiger charge is -2.05. The fourth-order valence-electron chi connectivity index (χ4n) is 0.190. The van der Waals surface area contributed by atoms with Crippen LogP contribution in [0.15, 0.2) is 0 Å². The Morgan fingerprint density at radius 2 is 2.25 bits per heavy atom. The van der Waals surface area contributed by atoms with Gasteiger partial charge in [-0.05, 0) is 6.92 Å². The molecule has 0 aliphatic heterocycles. The van der Waals surface area contributed by atoms with Crippen LogP contribution in [0.25, 0.3) is 0 Å². The third-order valence-electron chi connectivity index (χ3n) is 0.599. The molecular formula is C3H9O4P. The summed E-state index contributed by atoms with van der Waals surface area (Å²) >= 11 is 0. The van der Waals surface area contributed by atoms with Crippen molar-refractivity contribution >= 4 is 8.25 Å². The van der Waals surface area contributed by atoms with Crippen molar-refractivity contribution < 1.29 is 18.7 Å². The van der Waals surface area contributed by atoms with Crippen molar-refractivity contribution in [1.82, 2.24) is 0 Å². The SMILES string of the molecule is COC(C)O[PH](=O)O. The molecule has 2 atom stereocenters. The van der Waals surface area contributed by atoms with Gasteiger partial charge in [-0.25, -0.2) is 0 Å². The molecule has 0 aromatic heterocycles. The second-order valence-corrected chi connectivity index (χ2v) is 1.95. The molecule has 0 aromatic rings. The number of hydrogen-bond donors (Lipinski definition) is 1. The Balaban J connectivity index is 3.24. The monoisotopic (exact) mass is 140 g/mol. The van der Waals surface area contributed by atoms with E-state index in [0.29, 0.717) is 0 Å². The van der Waals surface area contributed by atoms with Crippen molar-refractivity contribution in [2.75, 3.05) is 7.11 Å². The summed E-state index contributed by atoms with van der Waals surface area (Å²) in [5.41, 5.74) is 0. The Hall–Kier alpha value is 0.110. The molecule has 4 nitrogen and oxygen atoms in total. The first-order valence-electron chi connectivity index (χ1n) is 2.09. The molecule has 0 heterocycles. The zero-order chi connectivity index (χ0) is 6.57. The first-order valence-corrected chi connectivity index (χ1v) is 3.35. The maximum absolute atomic E-state index is 9.85. The number of rotatable bonds is 3. The van der Waals surface area contributed by atoms with E-state index in [-0.39, 0.29) is 0 Å². The van der Waals surface area contributed by atoms with Crippen LogP contribution in [0, 0.1) is 0 Å². The van der Waals surface area contributed by atoms with Crippen molar-refractivity contribution in [1.29, 1.82) is 0 Å². The lowest BCUT2D eigenvalue weighted by molar-refractivity contribution is -0.0392. The molecule has 0 saturated carbocycles. The first kappa shape index (κ1) is 8.11. The van der Waals surface area contributed by atoms with E-state index in [1.807, 2.05) is 0 Å². The molecule has 0 bridgehead atoms. The first-order chi connectivity index (χ1) is 3.66. The van der Waals surface area contributed by atoms with Crippen LogP contribution in [0.3, 0.4) is 0 Å². The molecule has 5 heteroatoms. The summed E-state index contributed by atoms with van der Waals surface area (Å²) in [4.78, 5) is 8.10. The molecule has 0 aliphatic carbocycles. The molecule has 0 saturated heterocycles. The molecule has 8 heavy (non-hydrogen) atoms. The quantitative estimate of drug-likeness (QED) is 0.454. The Labute approximate surface area is 48.4 Å². The highest BCUT2D eigenvalue weighted by Gasteiger charge is 1.99.